The third-order valence-electron chi connectivity index (χ3n) is 10.0. The molecule has 0 aromatic heterocycles. The summed E-state index contributed by atoms with van der Waals surface area (Å²) in [6, 6.07) is 20.4. The van der Waals surface area contributed by atoms with Crippen LogP contribution in [0.1, 0.15) is 58.6 Å². The van der Waals surface area contributed by atoms with Crippen molar-refractivity contribution in [1.29, 1.82) is 0 Å². The fourth-order valence-electron chi connectivity index (χ4n) is 6.62. The summed E-state index contributed by atoms with van der Waals surface area (Å²) in [5, 5.41) is 23.4. The van der Waals surface area contributed by atoms with E-state index in [2.05, 4.69) is 65.9 Å². The highest BCUT2D eigenvalue weighted by molar-refractivity contribution is 6.74. The molecule has 41 heavy (non-hydrogen) atoms. The van der Waals surface area contributed by atoms with Gasteiger partial charge < -0.3 is 24.1 Å². The van der Waals surface area contributed by atoms with Gasteiger partial charge in [-0.3, -0.25) is 0 Å². The van der Waals surface area contributed by atoms with E-state index in [0.717, 1.165) is 17.5 Å². The van der Waals surface area contributed by atoms with Gasteiger partial charge in [-0.2, -0.15) is 0 Å². The van der Waals surface area contributed by atoms with Crippen molar-refractivity contribution < 1.29 is 24.1 Å². The third kappa shape index (κ3) is 7.41. The molecule has 2 saturated carbocycles. The number of hydrogen-bond acceptors (Lipinski definition) is 5. The van der Waals surface area contributed by atoms with Gasteiger partial charge in [0.2, 0.25) is 0 Å². The van der Waals surface area contributed by atoms with Gasteiger partial charge in [-0.25, -0.2) is 0 Å². The molecule has 0 spiro atoms. The number of benzene rings is 2. The molecule has 0 saturated heterocycles. The topological polar surface area (TPSA) is 68.2 Å². The maximum atomic E-state index is 11.8. The van der Waals surface area contributed by atoms with Crippen molar-refractivity contribution in [3.63, 3.8) is 0 Å². The van der Waals surface area contributed by atoms with Gasteiger partial charge in [-0.15, -0.1) is 0 Å². The maximum absolute atomic E-state index is 11.8. The second kappa shape index (κ2) is 13.7. The minimum atomic E-state index is -1.89. The van der Waals surface area contributed by atoms with Gasteiger partial charge >= 0.3 is 0 Å². The Kier molecular flexibility index (Phi) is 10.7. The van der Waals surface area contributed by atoms with Gasteiger partial charge in [0.1, 0.15) is 0 Å². The molecule has 0 radical (unpaired) electrons. The summed E-state index contributed by atoms with van der Waals surface area (Å²) in [4.78, 5) is 0. The molecule has 2 aromatic rings. The summed E-state index contributed by atoms with van der Waals surface area (Å²) in [6.07, 6.45) is 1.69. The van der Waals surface area contributed by atoms with E-state index in [-0.39, 0.29) is 40.9 Å². The standard InChI is InChI=1S/C35H52O5Si/c1-8-27-28(19-20-40-41(6,7)35(3,4)5)30(36)21-29-31(27)33(38-22-25-15-11-9-12-16-25)24(2)34(32(29)37)39-23-26-17-13-10-14-18-26/h8-18,24,28-34,36-37H,19-23H2,1-7H3/b27-8-/t24-,28-,29-,30+,31+,32-,33-,34-/m1/s1. The van der Waals surface area contributed by atoms with Gasteiger partial charge in [0, 0.05) is 24.4 Å². The quantitative estimate of drug-likeness (QED) is 0.231. The van der Waals surface area contributed by atoms with Gasteiger partial charge in [-0.05, 0) is 54.9 Å². The molecule has 0 amide bonds. The Morgan fingerprint density at radius 2 is 1.41 bits per heavy atom. The van der Waals surface area contributed by atoms with Gasteiger partial charge in [0.05, 0.1) is 37.6 Å². The van der Waals surface area contributed by atoms with Crippen LogP contribution in [-0.4, -0.2) is 49.6 Å². The van der Waals surface area contributed by atoms with Gasteiger partial charge in [0.15, 0.2) is 8.32 Å². The van der Waals surface area contributed by atoms with Crippen LogP contribution in [0, 0.1) is 23.7 Å². The van der Waals surface area contributed by atoms with Gasteiger partial charge in [-0.1, -0.05) is 100 Å². The average Bonchev–Trinajstić information content (AvgIpc) is 2.94. The highest BCUT2D eigenvalue weighted by Gasteiger charge is 2.55. The Hall–Kier alpha value is -1.80. The van der Waals surface area contributed by atoms with E-state index in [1.54, 1.807) is 0 Å². The summed E-state index contributed by atoms with van der Waals surface area (Å²) in [5.74, 6) is -0.193. The van der Waals surface area contributed by atoms with Crippen molar-refractivity contribution >= 4 is 8.32 Å². The van der Waals surface area contributed by atoms with Crippen LogP contribution in [0.3, 0.4) is 0 Å². The molecule has 2 N–H and O–H groups in total. The normalized spacial score (nSPS) is 31.7. The summed E-state index contributed by atoms with van der Waals surface area (Å²) in [6.45, 7) is 17.1. The number of aliphatic hydroxyl groups is 2. The second-order valence-corrected chi connectivity index (χ2v) is 18.5. The lowest BCUT2D eigenvalue weighted by molar-refractivity contribution is -0.198. The maximum Gasteiger partial charge on any atom is 0.191 e. The first-order valence-corrected chi connectivity index (χ1v) is 18.3. The first kappa shape index (κ1) is 32.1. The summed E-state index contributed by atoms with van der Waals surface area (Å²) in [7, 11) is -1.89. The molecule has 0 bridgehead atoms. The molecule has 2 aliphatic rings. The van der Waals surface area contributed by atoms with Crippen LogP contribution in [0.2, 0.25) is 18.1 Å². The first-order valence-electron chi connectivity index (χ1n) is 15.4. The lowest BCUT2D eigenvalue weighted by Crippen LogP contribution is -2.60. The molecule has 0 unspecified atom stereocenters. The smallest absolute Gasteiger partial charge is 0.191 e. The number of fused-ring (bicyclic) bond motifs is 1. The third-order valence-corrected chi connectivity index (χ3v) is 14.6. The van der Waals surface area contributed by atoms with Crippen LogP contribution in [0.25, 0.3) is 0 Å². The molecule has 6 heteroatoms. The summed E-state index contributed by atoms with van der Waals surface area (Å²) < 4.78 is 19.7. The van der Waals surface area contributed by atoms with E-state index >= 15 is 0 Å². The molecule has 2 aromatic carbocycles. The predicted octanol–water partition coefficient (Wildman–Crippen LogP) is 7.14. The van der Waals surface area contributed by atoms with Gasteiger partial charge in [0.25, 0.3) is 0 Å². The van der Waals surface area contributed by atoms with Crippen LogP contribution >= 0.6 is 0 Å². The van der Waals surface area contributed by atoms with Crippen LogP contribution in [0.5, 0.6) is 0 Å². The van der Waals surface area contributed by atoms with Crippen molar-refractivity contribution in [2.24, 2.45) is 23.7 Å². The predicted molar refractivity (Wildman–Crippen MR) is 168 cm³/mol. The number of rotatable bonds is 10. The van der Waals surface area contributed by atoms with Crippen molar-refractivity contribution in [3.05, 3.63) is 83.4 Å². The molecule has 226 valence electrons. The largest absolute Gasteiger partial charge is 0.417 e. The van der Waals surface area contributed by atoms with Crippen LogP contribution in [0.15, 0.2) is 72.3 Å². The number of hydrogen-bond donors (Lipinski definition) is 2. The Labute approximate surface area is 249 Å². The molecular formula is C35H52O5Si. The lowest BCUT2D eigenvalue weighted by atomic mass is 9.58. The zero-order valence-electron chi connectivity index (χ0n) is 26.1. The van der Waals surface area contributed by atoms with E-state index in [1.807, 2.05) is 48.5 Å². The average molecular weight is 581 g/mol. The second-order valence-electron chi connectivity index (χ2n) is 13.7. The SMILES string of the molecule is C/C=C1\[C@H]2[C@@H](C[C@H](O)[C@@H]1CCO[Si](C)(C)C(C)(C)C)[C@@H](O)[C@H](OCc1ccccc1)[C@H](C)[C@H]2OCc1ccccc1. The monoisotopic (exact) mass is 580 g/mol. The molecule has 5 nitrogen and oxygen atoms in total. The van der Waals surface area contributed by atoms with E-state index in [9.17, 15) is 10.2 Å². The molecule has 4 rings (SSSR count). The molecule has 0 aliphatic heterocycles. The zero-order valence-corrected chi connectivity index (χ0v) is 27.1. The fourth-order valence-corrected chi connectivity index (χ4v) is 7.68. The van der Waals surface area contributed by atoms with E-state index in [1.165, 1.54) is 5.57 Å². The van der Waals surface area contributed by atoms with Crippen molar-refractivity contribution in [2.45, 2.75) is 103 Å². The van der Waals surface area contributed by atoms with E-state index in [0.29, 0.717) is 26.2 Å². The van der Waals surface area contributed by atoms with Crippen LogP contribution < -0.4 is 0 Å². The highest BCUT2D eigenvalue weighted by atomic mass is 28.4. The Bertz CT molecular complexity index is 1110. The number of allylic oxidation sites excluding steroid dienone is 1. The molecule has 2 fully saturated rings. The Balaban J connectivity index is 1.57. The molecule has 8 atom stereocenters. The Morgan fingerprint density at radius 1 is 0.878 bits per heavy atom. The van der Waals surface area contributed by atoms with Crippen LogP contribution in [-0.2, 0) is 27.1 Å². The highest BCUT2D eigenvalue weighted by Crippen LogP contribution is 2.51. The molecular weight excluding hydrogens is 528 g/mol. The zero-order chi connectivity index (χ0) is 29.8. The lowest BCUT2D eigenvalue weighted by Gasteiger charge is -2.54. The minimum Gasteiger partial charge on any atom is -0.417 e. The first-order chi connectivity index (χ1) is 19.4. The molecule has 2 aliphatic carbocycles. The Morgan fingerprint density at radius 3 is 1.93 bits per heavy atom. The van der Waals surface area contributed by atoms with E-state index < -0.39 is 20.5 Å². The number of ether oxygens (including phenoxy) is 2. The van der Waals surface area contributed by atoms with Crippen molar-refractivity contribution in [3.8, 4) is 0 Å². The summed E-state index contributed by atoms with van der Waals surface area (Å²) >= 11 is 0. The van der Waals surface area contributed by atoms with E-state index in [4.69, 9.17) is 13.9 Å². The number of aliphatic hydroxyl groups excluding tert-OH is 2. The van der Waals surface area contributed by atoms with Crippen molar-refractivity contribution in [1.82, 2.24) is 0 Å². The summed E-state index contributed by atoms with van der Waals surface area (Å²) in [5.41, 5.74) is 3.40. The molecule has 0 heterocycles. The fraction of sp³-hybridized carbons (Fsp3) is 0.600. The van der Waals surface area contributed by atoms with Crippen molar-refractivity contribution in [2.75, 3.05) is 6.61 Å². The van der Waals surface area contributed by atoms with Crippen LogP contribution in [0.4, 0.5) is 0 Å². The minimum absolute atomic E-state index is 0.00607.